The molecule has 0 aliphatic heterocycles. The van der Waals surface area contributed by atoms with Crippen LogP contribution in [0.15, 0.2) is 28.8 Å². The van der Waals surface area contributed by atoms with Crippen LogP contribution in [0.4, 0.5) is 8.78 Å². The average molecular weight is 338 g/mol. The van der Waals surface area contributed by atoms with Crippen molar-refractivity contribution in [3.63, 3.8) is 0 Å². The molecular formula is C17H20F2N2O3. The zero-order valence-electron chi connectivity index (χ0n) is 13.8. The van der Waals surface area contributed by atoms with Gasteiger partial charge in [-0.15, -0.1) is 0 Å². The summed E-state index contributed by atoms with van der Waals surface area (Å²) in [6.45, 7) is 3.45. The zero-order chi connectivity index (χ0) is 17.9. The molecule has 0 saturated carbocycles. The second kappa shape index (κ2) is 7.09. The maximum Gasteiger partial charge on any atom is 0.222 e. The molecule has 1 aromatic heterocycles. The zero-order valence-corrected chi connectivity index (χ0v) is 13.8. The molecule has 0 aliphatic rings. The molecule has 0 atom stereocenters. The molecule has 0 aliphatic carbocycles. The van der Waals surface area contributed by atoms with Crippen molar-refractivity contribution in [3.05, 3.63) is 41.9 Å². The largest absolute Gasteiger partial charge is 0.441 e. The Morgan fingerprint density at radius 2 is 2.08 bits per heavy atom. The fourth-order valence-corrected chi connectivity index (χ4v) is 2.31. The van der Waals surface area contributed by atoms with E-state index in [1.165, 1.54) is 17.2 Å². The van der Waals surface area contributed by atoms with Crippen molar-refractivity contribution in [2.45, 2.75) is 32.3 Å². The van der Waals surface area contributed by atoms with E-state index < -0.39 is 17.2 Å². The van der Waals surface area contributed by atoms with Crippen molar-refractivity contribution in [3.8, 4) is 11.3 Å². The minimum atomic E-state index is -0.972. The van der Waals surface area contributed by atoms with Crippen LogP contribution in [0.2, 0.25) is 0 Å². The van der Waals surface area contributed by atoms with E-state index in [1.54, 1.807) is 20.9 Å². The van der Waals surface area contributed by atoms with Crippen molar-refractivity contribution in [1.82, 2.24) is 9.88 Å². The van der Waals surface area contributed by atoms with E-state index >= 15 is 0 Å². The van der Waals surface area contributed by atoms with Gasteiger partial charge < -0.3 is 14.4 Å². The number of aromatic nitrogens is 1. The van der Waals surface area contributed by atoms with E-state index in [0.717, 1.165) is 12.1 Å². The van der Waals surface area contributed by atoms with Crippen LogP contribution in [0.5, 0.6) is 0 Å². The maximum absolute atomic E-state index is 13.7. The Morgan fingerprint density at radius 1 is 1.38 bits per heavy atom. The van der Waals surface area contributed by atoms with E-state index in [2.05, 4.69) is 4.98 Å². The molecule has 5 nitrogen and oxygen atoms in total. The summed E-state index contributed by atoms with van der Waals surface area (Å²) in [5.41, 5.74) is -0.860. The summed E-state index contributed by atoms with van der Waals surface area (Å²) in [4.78, 5) is 17.5. The lowest BCUT2D eigenvalue weighted by molar-refractivity contribution is -0.132. The van der Waals surface area contributed by atoms with Gasteiger partial charge in [-0.05, 0) is 26.0 Å². The summed E-state index contributed by atoms with van der Waals surface area (Å²) >= 11 is 0. The van der Waals surface area contributed by atoms with Gasteiger partial charge in [-0.3, -0.25) is 4.79 Å². The number of amides is 1. The van der Waals surface area contributed by atoms with Gasteiger partial charge >= 0.3 is 0 Å². The molecule has 0 saturated heterocycles. The number of aryl methyl sites for hydroxylation is 1. The van der Waals surface area contributed by atoms with Gasteiger partial charge in [-0.25, -0.2) is 13.8 Å². The second-order valence-corrected chi connectivity index (χ2v) is 6.30. The summed E-state index contributed by atoms with van der Waals surface area (Å²) in [6.07, 6.45) is 1.74. The minimum absolute atomic E-state index is 0.112. The quantitative estimate of drug-likeness (QED) is 0.879. The summed E-state index contributed by atoms with van der Waals surface area (Å²) < 4.78 is 32.1. The third-order valence-corrected chi connectivity index (χ3v) is 3.35. The highest BCUT2D eigenvalue weighted by atomic mass is 19.1. The first kappa shape index (κ1) is 18.1. The second-order valence-electron chi connectivity index (χ2n) is 6.30. The molecule has 0 radical (unpaired) electrons. The molecular weight excluding hydrogens is 318 g/mol. The van der Waals surface area contributed by atoms with Crippen molar-refractivity contribution in [1.29, 1.82) is 0 Å². The van der Waals surface area contributed by atoms with Gasteiger partial charge in [-0.2, -0.15) is 0 Å². The standard InChI is InChI=1S/C17H20F2N2O3/c1-17(2,23)10-21(3)16(22)7-6-15-20-9-14(24-15)12-5-4-11(18)8-13(12)19/h4-5,8-9,23H,6-7,10H2,1-3H3. The smallest absolute Gasteiger partial charge is 0.222 e. The van der Waals surface area contributed by atoms with Crippen LogP contribution in [0, 0.1) is 11.6 Å². The number of oxazole rings is 1. The van der Waals surface area contributed by atoms with E-state index in [4.69, 9.17) is 4.42 Å². The Balaban J connectivity index is 1.98. The average Bonchev–Trinajstić information content (AvgIpc) is 2.91. The van der Waals surface area contributed by atoms with Crippen LogP contribution in [0.25, 0.3) is 11.3 Å². The molecule has 0 bridgehead atoms. The van der Waals surface area contributed by atoms with Gasteiger partial charge in [0.1, 0.15) is 11.6 Å². The highest BCUT2D eigenvalue weighted by Crippen LogP contribution is 2.24. The SMILES string of the molecule is CN(CC(C)(C)O)C(=O)CCc1ncc(-c2ccc(F)cc2F)o1. The summed E-state index contributed by atoms with van der Waals surface area (Å²) in [7, 11) is 1.61. The van der Waals surface area contributed by atoms with E-state index in [-0.39, 0.29) is 36.6 Å². The molecule has 24 heavy (non-hydrogen) atoms. The molecule has 1 aromatic carbocycles. The number of carbonyl (C=O) groups excluding carboxylic acids is 1. The Morgan fingerprint density at radius 3 is 2.71 bits per heavy atom. The number of carbonyl (C=O) groups is 1. The van der Waals surface area contributed by atoms with E-state index in [9.17, 15) is 18.7 Å². The molecule has 2 rings (SSSR count). The lowest BCUT2D eigenvalue weighted by Gasteiger charge is -2.25. The van der Waals surface area contributed by atoms with Crippen LogP contribution < -0.4 is 0 Å². The number of halogens is 2. The van der Waals surface area contributed by atoms with E-state index in [1.807, 2.05) is 0 Å². The monoisotopic (exact) mass is 338 g/mol. The lowest BCUT2D eigenvalue weighted by Crippen LogP contribution is -2.39. The topological polar surface area (TPSA) is 66.6 Å². The number of nitrogens with zero attached hydrogens (tertiary/aromatic N) is 2. The number of aliphatic hydroxyl groups is 1. The molecule has 130 valence electrons. The van der Waals surface area contributed by atoms with Crippen LogP contribution in [-0.2, 0) is 11.2 Å². The lowest BCUT2D eigenvalue weighted by atomic mass is 10.1. The fraction of sp³-hybridized carbons (Fsp3) is 0.412. The number of hydrogen-bond donors (Lipinski definition) is 1. The van der Waals surface area contributed by atoms with Crippen molar-refractivity contribution >= 4 is 5.91 Å². The third-order valence-electron chi connectivity index (χ3n) is 3.35. The van der Waals surface area contributed by atoms with Crippen molar-refractivity contribution < 1.29 is 23.1 Å². The maximum atomic E-state index is 13.7. The molecule has 1 amide bonds. The van der Waals surface area contributed by atoms with Crippen molar-refractivity contribution in [2.24, 2.45) is 0 Å². The van der Waals surface area contributed by atoms with E-state index in [0.29, 0.717) is 5.89 Å². The first-order valence-corrected chi connectivity index (χ1v) is 7.52. The molecule has 1 heterocycles. The Labute approximate surface area is 138 Å². The molecule has 2 aromatic rings. The third kappa shape index (κ3) is 4.86. The van der Waals surface area contributed by atoms with Gasteiger partial charge in [0, 0.05) is 32.5 Å². The molecule has 0 unspecified atom stereocenters. The summed E-state index contributed by atoms with van der Waals surface area (Å²) in [5, 5.41) is 9.71. The van der Waals surface area contributed by atoms with Gasteiger partial charge in [0.2, 0.25) is 5.91 Å². The number of hydrogen-bond acceptors (Lipinski definition) is 4. The molecule has 0 fully saturated rings. The Hall–Kier alpha value is -2.28. The fourth-order valence-electron chi connectivity index (χ4n) is 2.31. The Bertz CT molecular complexity index is 723. The highest BCUT2D eigenvalue weighted by Gasteiger charge is 2.20. The highest BCUT2D eigenvalue weighted by molar-refractivity contribution is 5.76. The number of benzene rings is 1. The first-order valence-electron chi connectivity index (χ1n) is 7.52. The van der Waals surface area contributed by atoms with Crippen molar-refractivity contribution in [2.75, 3.05) is 13.6 Å². The normalized spacial score (nSPS) is 11.6. The van der Waals surface area contributed by atoms with Crippen LogP contribution in [0.3, 0.4) is 0 Å². The number of likely N-dealkylation sites (N-methyl/N-ethyl adjacent to an activating group) is 1. The molecule has 0 spiro atoms. The Kier molecular flexibility index (Phi) is 5.33. The molecule has 1 N–H and O–H groups in total. The number of rotatable bonds is 6. The van der Waals surface area contributed by atoms with Crippen LogP contribution >= 0.6 is 0 Å². The predicted octanol–water partition coefficient (Wildman–Crippen LogP) is 2.78. The van der Waals surface area contributed by atoms with Gasteiger partial charge in [0.05, 0.1) is 17.4 Å². The van der Waals surface area contributed by atoms with Crippen LogP contribution in [-0.4, -0.2) is 40.1 Å². The predicted molar refractivity (Wildman–Crippen MR) is 84.1 cm³/mol. The van der Waals surface area contributed by atoms with Gasteiger partial charge in [0.15, 0.2) is 11.7 Å². The van der Waals surface area contributed by atoms with Gasteiger partial charge in [0.25, 0.3) is 0 Å². The van der Waals surface area contributed by atoms with Crippen LogP contribution in [0.1, 0.15) is 26.2 Å². The minimum Gasteiger partial charge on any atom is -0.441 e. The first-order chi connectivity index (χ1) is 11.2. The van der Waals surface area contributed by atoms with Gasteiger partial charge in [-0.1, -0.05) is 0 Å². The summed E-state index contributed by atoms with van der Waals surface area (Å²) in [6, 6.07) is 3.18. The summed E-state index contributed by atoms with van der Waals surface area (Å²) in [5.74, 6) is -1.10. The molecule has 7 heteroatoms.